The summed E-state index contributed by atoms with van der Waals surface area (Å²) in [6.07, 6.45) is 4.26. The van der Waals surface area contributed by atoms with Crippen molar-refractivity contribution in [1.29, 1.82) is 0 Å². The minimum Gasteiger partial charge on any atom is -0.497 e. The minimum atomic E-state index is 0.0563. The molecule has 4 rings (SSSR count). The largest absolute Gasteiger partial charge is 0.497 e. The van der Waals surface area contributed by atoms with Crippen LogP contribution in [0.15, 0.2) is 29.8 Å². The molecule has 3 aromatic rings. The highest BCUT2D eigenvalue weighted by Gasteiger charge is 2.18. The van der Waals surface area contributed by atoms with Crippen LogP contribution in [0.25, 0.3) is 16.2 Å². The maximum Gasteiger partial charge on any atom is 0.226 e. The minimum absolute atomic E-state index is 0.0563. The fourth-order valence-electron chi connectivity index (χ4n) is 3.51. The number of fused-ring (bicyclic) bond motifs is 1. The highest BCUT2D eigenvalue weighted by Crippen LogP contribution is 2.34. The lowest BCUT2D eigenvalue weighted by Gasteiger charge is -2.23. The number of nitrogens with one attached hydrogen (secondary N) is 2. The van der Waals surface area contributed by atoms with Crippen molar-refractivity contribution in [2.45, 2.75) is 25.3 Å². The molecule has 7 nitrogen and oxygen atoms in total. The fourth-order valence-corrected chi connectivity index (χ4v) is 4.38. The molecule has 1 aliphatic rings. The van der Waals surface area contributed by atoms with Crippen LogP contribution in [0.1, 0.15) is 18.5 Å². The van der Waals surface area contributed by atoms with Gasteiger partial charge in [0.25, 0.3) is 0 Å². The van der Waals surface area contributed by atoms with Gasteiger partial charge >= 0.3 is 0 Å². The Morgan fingerprint density at radius 3 is 2.89 bits per heavy atom. The first-order valence-electron chi connectivity index (χ1n) is 9.36. The summed E-state index contributed by atoms with van der Waals surface area (Å²) in [5.74, 6) is 1.53. The predicted octanol–water partition coefficient (Wildman–Crippen LogP) is 2.49. The average Bonchev–Trinajstić information content (AvgIpc) is 3.30. The third-order valence-electron chi connectivity index (χ3n) is 5.01. The maximum absolute atomic E-state index is 12.5. The van der Waals surface area contributed by atoms with Gasteiger partial charge in [-0.2, -0.15) is 0 Å². The molecule has 2 aromatic heterocycles. The van der Waals surface area contributed by atoms with Crippen molar-refractivity contribution in [2.24, 2.45) is 0 Å². The SMILES string of the molecule is COc1ccc(OC)c(-c2cn3c(CC(=O)NC4CCNCC4)csc3n2)c1. The number of amides is 1. The molecule has 1 amide bonds. The normalized spacial score (nSPS) is 14.9. The van der Waals surface area contributed by atoms with Gasteiger partial charge in [0.05, 0.1) is 26.3 Å². The molecule has 1 aromatic carbocycles. The highest BCUT2D eigenvalue weighted by atomic mass is 32.1. The van der Waals surface area contributed by atoms with Crippen LogP contribution in [-0.4, -0.2) is 48.6 Å². The predicted molar refractivity (Wildman–Crippen MR) is 109 cm³/mol. The van der Waals surface area contributed by atoms with Crippen molar-refractivity contribution < 1.29 is 14.3 Å². The first-order valence-corrected chi connectivity index (χ1v) is 10.2. The molecule has 0 saturated carbocycles. The zero-order valence-electron chi connectivity index (χ0n) is 16.0. The summed E-state index contributed by atoms with van der Waals surface area (Å²) in [7, 11) is 3.27. The molecular weight excluding hydrogens is 376 g/mol. The topological polar surface area (TPSA) is 76.9 Å². The molecule has 1 saturated heterocycles. The van der Waals surface area contributed by atoms with Crippen molar-refractivity contribution in [1.82, 2.24) is 20.0 Å². The second-order valence-electron chi connectivity index (χ2n) is 6.84. The fraction of sp³-hybridized carbons (Fsp3) is 0.400. The molecule has 3 heterocycles. The Kier molecular flexibility index (Phi) is 5.50. The van der Waals surface area contributed by atoms with Gasteiger partial charge in [0, 0.05) is 28.9 Å². The van der Waals surface area contributed by atoms with Gasteiger partial charge in [0.2, 0.25) is 5.91 Å². The van der Waals surface area contributed by atoms with Gasteiger partial charge in [-0.15, -0.1) is 11.3 Å². The van der Waals surface area contributed by atoms with Gasteiger partial charge < -0.3 is 20.1 Å². The van der Waals surface area contributed by atoms with Crippen LogP contribution < -0.4 is 20.1 Å². The molecule has 0 unspecified atom stereocenters. The quantitative estimate of drug-likeness (QED) is 0.665. The number of hydrogen-bond acceptors (Lipinski definition) is 6. The lowest BCUT2D eigenvalue weighted by Crippen LogP contribution is -2.43. The molecule has 0 atom stereocenters. The second-order valence-corrected chi connectivity index (χ2v) is 7.68. The summed E-state index contributed by atoms with van der Waals surface area (Å²) in [6, 6.07) is 5.91. The summed E-state index contributed by atoms with van der Waals surface area (Å²) >= 11 is 1.53. The average molecular weight is 401 g/mol. The molecule has 2 N–H and O–H groups in total. The Hall–Kier alpha value is -2.58. The Bertz CT molecular complexity index is 975. The van der Waals surface area contributed by atoms with E-state index >= 15 is 0 Å². The van der Waals surface area contributed by atoms with Crippen LogP contribution in [0.3, 0.4) is 0 Å². The van der Waals surface area contributed by atoms with Gasteiger partial charge in [0.15, 0.2) is 4.96 Å². The van der Waals surface area contributed by atoms with Gasteiger partial charge in [0.1, 0.15) is 11.5 Å². The zero-order chi connectivity index (χ0) is 19.5. The molecule has 1 fully saturated rings. The van der Waals surface area contributed by atoms with Crippen LogP contribution >= 0.6 is 11.3 Å². The second kappa shape index (κ2) is 8.20. The Labute approximate surface area is 167 Å². The van der Waals surface area contributed by atoms with E-state index in [4.69, 9.17) is 14.5 Å². The van der Waals surface area contributed by atoms with Crippen molar-refractivity contribution in [2.75, 3.05) is 27.3 Å². The molecule has 148 valence electrons. The Morgan fingerprint density at radius 2 is 2.14 bits per heavy atom. The number of carbonyl (C=O) groups excluding carboxylic acids is 1. The molecule has 28 heavy (non-hydrogen) atoms. The van der Waals surface area contributed by atoms with Crippen molar-refractivity contribution in [3.63, 3.8) is 0 Å². The molecule has 1 aliphatic heterocycles. The first-order chi connectivity index (χ1) is 13.7. The summed E-state index contributed by atoms with van der Waals surface area (Å²) < 4.78 is 12.8. The number of benzene rings is 1. The number of nitrogens with zero attached hydrogens (tertiary/aromatic N) is 2. The highest BCUT2D eigenvalue weighted by molar-refractivity contribution is 7.15. The number of carbonyl (C=O) groups is 1. The van der Waals surface area contributed by atoms with E-state index in [9.17, 15) is 4.79 Å². The maximum atomic E-state index is 12.5. The summed E-state index contributed by atoms with van der Waals surface area (Å²) in [5, 5.41) is 8.46. The van der Waals surface area contributed by atoms with E-state index in [1.807, 2.05) is 34.2 Å². The van der Waals surface area contributed by atoms with E-state index in [0.717, 1.165) is 59.3 Å². The third-order valence-corrected chi connectivity index (χ3v) is 5.90. The molecule has 0 bridgehead atoms. The number of imidazole rings is 1. The van der Waals surface area contributed by atoms with Crippen LogP contribution in [0.2, 0.25) is 0 Å². The summed E-state index contributed by atoms with van der Waals surface area (Å²) in [6.45, 7) is 1.92. The molecule has 0 aliphatic carbocycles. The summed E-state index contributed by atoms with van der Waals surface area (Å²) in [4.78, 5) is 18.1. The number of ether oxygens (including phenoxy) is 2. The van der Waals surface area contributed by atoms with Gasteiger partial charge in [-0.05, 0) is 44.1 Å². The standard InChI is InChI=1S/C20H24N4O3S/c1-26-15-3-4-18(27-2)16(10-15)17-11-24-14(12-28-20(24)23-17)9-19(25)22-13-5-7-21-8-6-13/h3-4,10-13,21H,5-9H2,1-2H3,(H,22,25). The van der Waals surface area contributed by atoms with Crippen molar-refractivity contribution in [3.05, 3.63) is 35.5 Å². The van der Waals surface area contributed by atoms with Crippen LogP contribution in [0.5, 0.6) is 11.5 Å². The number of methoxy groups -OCH3 is 2. The van der Waals surface area contributed by atoms with E-state index < -0.39 is 0 Å². The van der Waals surface area contributed by atoms with Crippen LogP contribution in [0, 0.1) is 0 Å². The smallest absolute Gasteiger partial charge is 0.226 e. The van der Waals surface area contributed by atoms with E-state index in [1.165, 1.54) is 11.3 Å². The zero-order valence-corrected chi connectivity index (χ0v) is 16.8. The lowest BCUT2D eigenvalue weighted by molar-refractivity contribution is -0.121. The Morgan fingerprint density at radius 1 is 1.32 bits per heavy atom. The number of aromatic nitrogens is 2. The van der Waals surface area contributed by atoms with E-state index in [2.05, 4.69) is 10.6 Å². The monoisotopic (exact) mass is 400 g/mol. The van der Waals surface area contributed by atoms with E-state index in [0.29, 0.717) is 6.42 Å². The molecule has 0 spiro atoms. The first kappa shape index (κ1) is 18.8. The third kappa shape index (κ3) is 3.83. The lowest BCUT2D eigenvalue weighted by atomic mass is 10.1. The number of piperidine rings is 1. The van der Waals surface area contributed by atoms with Gasteiger partial charge in [-0.3, -0.25) is 9.20 Å². The van der Waals surface area contributed by atoms with E-state index in [-0.39, 0.29) is 11.9 Å². The van der Waals surface area contributed by atoms with Gasteiger partial charge in [-0.25, -0.2) is 4.98 Å². The molecular formula is C20H24N4O3S. The molecule has 8 heteroatoms. The van der Waals surface area contributed by atoms with Crippen LogP contribution in [0.4, 0.5) is 0 Å². The summed E-state index contributed by atoms with van der Waals surface area (Å²) in [5.41, 5.74) is 2.59. The van der Waals surface area contributed by atoms with Crippen molar-refractivity contribution in [3.8, 4) is 22.8 Å². The number of rotatable bonds is 6. The van der Waals surface area contributed by atoms with Gasteiger partial charge in [-0.1, -0.05) is 0 Å². The van der Waals surface area contributed by atoms with Crippen molar-refractivity contribution >= 4 is 22.2 Å². The molecule has 0 radical (unpaired) electrons. The number of hydrogen-bond donors (Lipinski definition) is 2. The number of thiazole rings is 1. The Balaban J connectivity index is 1.56. The van der Waals surface area contributed by atoms with Crippen LogP contribution in [-0.2, 0) is 11.2 Å². The van der Waals surface area contributed by atoms with E-state index in [1.54, 1.807) is 14.2 Å².